The van der Waals surface area contributed by atoms with Crippen LogP contribution in [0.15, 0.2) is 100 Å². The standard InChI is InChI=1S/C34H30BrCl2FN2O4/c35-25-8-2-23(3-9-25)21-34(33(42)39-17-16-22-4-11-27(38)12-5-22)31(29-15-10-26(36)20-30(29)37)44-32(40-34)24-6-13-28(14-7-24)43-19-1-18-41/h2-15,20,31,41H,1,16-19,21H2,(H,39,42)/t31-,34-/m1/s1. The van der Waals surface area contributed by atoms with Crippen LogP contribution in [0.5, 0.6) is 5.75 Å². The number of hydrogen-bond donors (Lipinski definition) is 2. The van der Waals surface area contributed by atoms with Crippen LogP contribution in [0.1, 0.15) is 34.8 Å². The maximum Gasteiger partial charge on any atom is 0.252 e. The monoisotopic (exact) mass is 698 g/mol. The SMILES string of the molecule is O=C(NCCc1ccc(F)cc1)[C@]1(Cc2ccc(Br)cc2)N=C(c2ccc(OCCCO)cc2)O[C@@H]1c1ccc(Cl)cc1Cl. The van der Waals surface area contributed by atoms with Crippen molar-refractivity contribution in [1.29, 1.82) is 0 Å². The molecule has 4 aromatic carbocycles. The lowest BCUT2D eigenvalue weighted by Gasteiger charge is -2.31. The Morgan fingerprint density at radius 1 is 1.00 bits per heavy atom. The van der Waals surface area contributed by atoms with Gasteiger partial charge in [-0.3, -0.25) is 4.79 Å². The second-order valence-electron chi connectivity index (χ2n) is 10.4. The van der Waals surface area contributed by atoms with Gasteiger partial charge in [-0.1, -0.05) is 69.5 Å². The number of carbonyl (C=O) groups is 1. The van der Waals surface area contributed by atoms with Crippen LogP contribution < -0.4 is 10.1 Å². The van der Waals surface area contributed by atoms with Crippen LogP contribution in [0, 0.1) is 5.82 Å². The molecule has 0 unspecified atom stereocenters. The normalized spacial score (nSPS) is 17.6. The van der Waals surface area contributed by atoms with E-state index in [0.717, 1.165) is 15.6 Å². The van der Waals surface area contributed by atoms with Crippen molar-refractivity contribution in [1.82, 2.24) is 5.32 Å². The van der Waals surface area contributed by atoms with E-state index in [1.807, 2.05) is 36.4 Å². The number of nitrogens with zero attached hydrogens (tertiary/aromatic N) is 1. The quantitative estimate of drug-likeness (QED) is 0.150. The molecule has 0 radical (unpaired) electrons. The highest BCUT2D eigenvalue weighted by Gasteiger charge is 2.53. The van der Waals surface area contributed by atoms with Crippen LogP contribution in [0.25, 0.3) is 0 Å². The third-order valence-electron chi connectivity index (χ3n) is 7.27. The molecule has 44 heavy (non-hydrogen) atoms. The van der Waals surface area contributed by atoms with Crippen LogP contribution >= 0.6 is 39.1 Å². The Hall–Kier alpha value is -3.43. The fraction of sp³-hybridized carbons (Fsp3) is 0.235. The summed E-state index contributed by atoms with van der Waals surface area (Å²) in [5, 5.41) is 12.9. The number of carbonyl (C=O) groups excluding carboxylic acids is 1. The largest absolute Gasteiger partial charge is 0.494 e. The van der Waals surface area contributed by atoms with Crippen molar-refractivity contribution in [3.05, 3.63) is 134 Å². The van der Waals surface area contributed by atoms with Gasteiger partial charge in [0.25, 0.3) is 5.91 Å². The zero-order chi connectivity index (χ0) is 31.1. The fourth-order valence-corrected chi connectivity index (χ4v) is 5.78. The average molecular weight is 700 g/mol. The molecule has 1 aliphatic rings. The number of aliphatic hydroxyl groups excluding tert-OH is 1. The molecule has 4 aromatic rings. The second-order valence-corrected chi connectivity index (χ2v) is 12.1. The minimum Gasteiger partial charge on any atom is -0.494 e. The Morgan fingerprint density at radius 2 is 1.70 bits per heavy atom. The Kier molecular flexibility index (Phi) is 10.6. The first-order chi connectivity index (χ1) is 21.3. The summed E-state index contributed by atoms with van der Waals surface area (Å²) in [5.41, 5.74) is 1.56. The molecule has 1 amide bonds. The number of hydrogen-bond acceptors (Lipinski definition) is 5. The topological polar surface area (TPSA) is 80.2 Å². The first-order valence-corrected chi connectivity index (χ1v) is 15.6. The first-order valence-electron chi connectivity index (χ1n) is 14.1. The van der Waals surface area contributed by atoms with Gasteiger partial charge in [0.15, 0.2) is 11.6 Å². The van der Waals surface area contributed by atoms with Crippen molar-refractivity contribution in [2.24, 2.45) is 4.99 Å². The van der Waals surface area contributed by atoms with E-state index in [2.05, 4.69) is 21.2 Å². The van der Waals surface area contributed by atoms with Gasteiger partial charge in [-0.15, -0.1) is 0 Å². The molecule has 1 aliphatic heterocycles. The molecule has 0 aromatic heterocycles. The maximum atomic E-state index is 14.3. The summed E-state index contributed by atoms with van der Waals surface area (Å²) in [7, 11) is 0. The summed E-state index contributed by atoms with van der Waals surface area (Å²) in [6, 6.07) is 26.2. The summed E-state index contributed by atoms with van der Waals surface area (Å²) in [5.74, 6) is 0.271. The first kappa shape index (κ1) is 32.0. The fourth-order valence-electron chi connectivity index (χ4n) is 5.01. The zero-order valence-corrected chi connectivity index (χ0v) is 26.7. The van der Waals surface area contributed by atoms with Gasteiger partial charge in [0.2, 0.25) is 5.90 Å². The van der Waals surface area contributed by atoms with E-state index in [9.17, 15) is 9.18 Å². The number of aliphatic imine (C=N–C) groups is 1. The van der Waals surface area contributed by atoms with E-state index < -0.39 is 11.6 Å². The average Bonchev–Trinajstić information content (AvgIpc) is 3.40. The molecule has 228 valence electrons. The lowest BCUT2D eigenvalue weighted by Crippen LogP contribution is -2.50. The molecule has 0 saturated carbocycles. The highest BCUT2D eigenvalue weighted by Crippen LogP contribution is 2.45. The van der Waals surface area contributed by atoms with Crippen LogP contribution in [0.4, 0.5) is 4.39 Å². The van der Waals surface area contributed by atoms with Crippen LogP contribution in [0.3, 0.4) is 0 Å². The van der Waals surface area contributed by atoms with Crippen molar-refractivity contribution in [3.63, 3.8) is 0 Å². The Morgan fingerprint density at radius 3 is 2.39 bits per heavy atom. The Labute approximate surface area is 274 Å². The second kappa shape index (κ2) is 14.6. The van der Waals surface area contributed by atoms with Crippen molar-refractivity contribution in [2.45, 2.75) is 30.9 Å². The van der Waals surface area contributed by atoms with E-state index in [0.29, 0.717) is 52.9 Å². The van der Waals surface area contributed by atoms with Crippen LogP contribution in [-0.2, 0) is 22.4 Å². The number of rotatable bonds is 12. The number of nitrogens with one attached hydrogen (secondary N) is 1. The van der Waals surface area contributed by atoms with Gasteiger partial charge in [-0.05, 0) is 78.2 Å². The molecule has 1 heterocycles. The van der Waals surface area contributed by atoms with Crippen molar-refractivity contribution < 1.29 is 23.8 Å². The van der Waals surface area contributed by atoms with E-state index in [1.54, 1.807) is 42.5 Å². The van der Waals surface area contributed by atoms with Crippen LogP contribution in [0.2, 0.25) is 10.0 Å². The number of aliphatic hydroxyl groups is 1. The molecule has 0 aliphatic carbocycles. The van der Waals surface area contributed by atoms with Gasteiger partial charge in [-0.2, -0.15) is 0 Å². The van der Waals surface area contributed by atoms with Crippen molar-refractivity contribution >= 4 is 50.9 Å². The molecule has 0 saturated heterocycles. The van der Waals surface area contributed by atoms with Gasteiger partial charge < -0.3 is 19.9 Å². The highest BCUT2D eigenvalue weighted by molar-refractivity contribution is 9.10. The Balaban J connectivity index is 1.53. The van der Waals surface area contributed by atoms with Crippen molar-refractivity contribution in [3.8, 4) is 5.75 Å². The third kappa shape index (κ3) is 7.61. The van der Waals surface area contributed by atoms with E-state index >= 15 is 0 Å². The van der Waals surface area contributed by atoms with Gasteiger partial charge in [0.1, 0.15) is 11.6 Å². The lowest BCUT2D eigenvalue weighted by molar-refractivity contribution is -0.128. The van der Waals surface area contributed by atoms with Gasteiger partial charge >= 0.3 is 0 Å². The molecule has 2 atom stereocenters. The molecular formula is C34H30BrCl2FN2O4. The summed E-state index contributed by atoms with van der Waals surface area (Å²) in [6.07, 6.45) is 0.368. The number of benzene rings is 4. The smallest absolute Gasteiger partial charge is 0.252 e. The van der Waals surface area contributed by atoms with Crippen molar-refractivity contribution in [2.75, 3.05) is 19.8 Å². The lowest BCUT2D eigenvalue weighted by atomic mass is 9.82. The summed E-state index contributed by atoms with van der Waals surface area (Å²) < 4.78 is 26.5. The molecule has 10 heteroatoms. The van der Waals surface area contributed by atoms with E-state index in [-0.39, 0.29) is 30.6 Å². The number of halogens is 4. The van der Waals surface area contributed by atoms with E-state index in [4.69, 9.17) is 42.8 Å². The van der Waals surface area contributed by atoms with Gasteiger partial charge in [-0.25, -0.2) is 9.38 Å². The summed E-state index contributed by atoms with van der Waals surface area (Å²) in [6.45, 7) is 0.737. The third-order valence-corrected chi connectivity index (χ3v) is 8.37. The zero-order valence-electron chi connectivity index (χ0n) is 23.6. The predicted octanol–water partition coefficient (Wildman–Crippen LogP) is 7.51. The van der Waals surface area contributed by atoms with Crippen LogP contribution in [-0.4, -0.2) is 42.2 Å². The predicted molar refractivity (Wildman–Crippen MR) is 174 cm³/mol. The minimum atomic E-state index is -1.43. The molecular weight excluding hydrogens is 670 g/mol. The molecule has 6 nitrogen and oxygen atoms in total. The van der Waals surface area contributed by atoms with Gasteiger partial charge in [0.05, 0.1) is 6.61 Å². The maximum absolute atomic E-state index is 14.3. The highest BCUT2D eigenvalue weighted by atomic mass is 79.9. The molecule has 0 fully saturated rings. The van der Waals surface area contributed by atoms with E-state index in [1.165, 1.54) is 12.1 Å². The Bertz CT molecular complexity index is 1620. The molecule has 5 rings (SSSR count). The summed E-state index contributed by atoms with van der Waals surface area (Å²) >= 11 is 16.4. The number of amides is 1. The molecule has 2 N–H and O–H groups in total. The summed E-state index contributed by atoms with van der Waals surface area (Å²) in [4.78, 5) is 19.4. The molecule has 0 spiro atoms. The number of ether oxygens (including phenoxy) is 2. The van der Waals surface area contributed by atoms with Gasteiger partial charge in [0, 0.05) is 51.6 Å². The minimum absolute atomic E-state index is 0.0454. The molecule has 0 bridgehead atoms.